The molecule has 2 atom stereocenters. The Balaban J connectivity index is 0.00000385. The van der Waals surface area contributed by atoms with Crippen molar-refractivity contribution >= 4 is 18.0 Å². The quantitative estimate of drug-likeness (QED) is 0.337. The monoisotopic (exact) mass is 460 g/mol. The number of nitrogens with zero attached hydrogens (tertiary/aromatic N) is 1. The van der Waals surface area contributed by atoms with Crippen LogP contribution in [0, 0.1) is 11.8 Å². The Hall–Kier alpha value is -2.35. The van der Waals surface area contributed by atoms with Crippen LogP contribution in [0.2, 0.25) is 0 Å². The van der Waals surface area contributed by atoms with Gasteiger partial charge in [-0.15, -0.1) is 0 Å². The van der Waals surface area contributed by atoms with Crippen LogP contribution in [0.1, 0.15) is 44.7 Å². The summed E-state index contributed by atoms with van der Waals surface area (Å²) in [4.78, 5) is 27.8. The minimum absolute atomic E-state index is 0. The zero-order valence-corrected chi connectivity index (χ0v) is 21.7. The van der Waals surface area contributed by atoms with Gasteiger partial charge in [-0.1, -0.05) is 76.2 Å². The van der Waals surface area contributed by atoms with Crippen LogP contribution in [0.5, 0.6) is 0 Å². The van der Waals surface area contributed by atoms with Crippen molar-refractivity contribution in [3.8, 4) is 11.1 Å². The van der Waals surface area contributed by atoms with Crippen LogP contribution >= 0.6 is 0 Å². The SMILES string of the molecule is CC(C)[C@H](N=C([O-])[C@@H](NC(=O)OCC1c2ccccc2-c2ccccc21)C(C)C)C(=O)O.[Na+]. The number of ether oxygens (including phenoxy) is 1. The van der Waals surface area contributed by atoms with Gasteiger partial charge in [-0.2, -0.15) is 0 Å². The first kappa shape index (κ1) is 26.9. The van der Waals surface area contributed by atoms with Crippen molar-refractivity contribution in [2.24, 2.45) is 16.8 Å². The first-order chi connectivity index (χ1) is 15.2. The average Bonchev–Trinajstić information content (AvgIpc) is 3.07. The molecule has 0 bridgehead atoms. The molecule has 7 nitrogen and oxygen atoms in total. The van der Waals surface area contributed by atoms with Crippen LogP contribution in [0.3, 0.4) is 0 Å². The molecule has 0 aliphatic heterocycles. The summed E-state index contributed by atoms with van der Waals surface area (Å²) in [6, 6.07) is 13.9. The molecule has 0 aromatic heterocycles. The molecule has 0 saturated heterocycles. The maximum Gasteiger partial charge on any atom is 1.00 e. The Kier molecular flexibility index (Phi) is 9.52. The van der Waals surface area contributed by atoms with Crippen LogP contribution in [0.4, 0.5) is 4.79 Å². The van der Waals surface area contributed by atoms with Crippen LogP contribution in [0.25, 0.3) is 11.1 Å². The van der Waals surface area contributed by atoms with Crippen LogP contribution < -0.4 is 40.0 Å². The third kappa shape index (κ3) is 6.16. The van der Waals surface area contributed by atoms with E-state index < -0.39 is 30.0 Å². The van der Waals surface area contributed by atoms with E-state index in [1.807, 2.05) is 36.4 Å². The first-order valence-corrected chi connectivity index (χ1v) is 10.8. The Morgan fingerprint density at radius 2 is 1.52 bits per heavy atom. The third-order valence-corrected chi connectivity index (χ3v) is 5.70. The number of rotatable bonds is 8. The smallest absolute Gasteiger partial charge is 0.861 e. The van der Waals surface area contributed by atoms with E-state index in [9.17, 15) is 19.8 Å². The number of carbonyl (C=O) groups is 2. The van der Waals surface area contributed by atoms with Gasteiger partial charge < -0.3 is 20.3 Å². The summed E-state index contributed by atoms with van der Waals surface area (Å²) in [6.07, 6.45) is -0.731. The second-order valence-electron chi connectivity index (χ2n) is 8.69. The van der Waals surface area contributed by atoms with E-state index in [-0.39, 0.29) is 53.9 Å². The number of aliphatic carboxylic acids is 1. The number of hydrogen-bond acceptors (Lipinski definition) is 5. The van der Waals surface area contributed by atoms with Gasteiger partial charge in [-0.25, -0.2) is 9.59 Å². The van der Waals surface area contributed by atoms with Gasteiger partial charge in [0.25, 0.3) is 0 Å². The van der Waals surface area contributed by atoms with E-state index in [1.165, 1.54) is 0 Å². The van der Waals surface area contributed by atoms with Crippen molar-refractivity contribution in [1.82, 2.24) is 5.32 Å². The standard InChI is InChI=1S/C25H30N2O5.Na/c1-14(2)21(23(28)26-22(15(3)4)24(29)30)27-25(31)32-13-20-18-11-7-5-9-16(18)17-10-6-8-12-19(17)20;/h5-12,14-15,20-22H,13H2,1-4H3,(H,26,28)(H,27,31)(H,29,30);/q;+1/p-1/t21-,22-;/m0./s1. The molecule has 2 aromatic rings. The summed E-state index contributed by atoms with van der Waals surface area (Å²) in [5, 5.41) is 24.5. The second-order valence-corrected chi connectivity index (χ2v) is 8.69. The topological polar surface area (TPSA) is 111 Å². The molecule has 0 spiro atoms. The van der Waals surface area contributed by atoms with Gasteiger partial charge in [-0.05, 0) is 40.0 Å². The predicted molar refractivity (Wildman–Crippen MR) is 121 cm³/mol. The molecule has 170 valence electrons. The number of nitrogens with one attached hydrogen (secondary N) is 1. The number of carbonyl (C=O) groups excluding carboxylic acids is 1. The minimum Gasteiger partial charge on any atom is -0.861 e. The molecule has 2 N–H and O–H groups in total. The summed E-state index contributed by atoms with van der Waals surface area (Å²) in [7, 11) is 0. The number of carboxylic acid groups (broad SMARTS) is 1. The number of fused-ring (bicyclic) bond motifs is 3. The second kappa shape index (κ2) is 11.7. The third-order valence-electron chi connectivity index (χ3n) is 5.70. The molecule has 0 heterocycles. The normalized spacial score (nSPS) is 14.8. The number of alkyl carbamates (subject to hydrolysis) is 1. The molecule has 2 aromatic carbocycles. The number of aliphatic imine (C=N–C) groups is 1. The van der Waals surface area contributed by atoms with Crippen molar-refractivity contribution < 1.29 is 54.1 Å². The maximum atomic E-state index is 12.6. The van der Waals surface area contributed by atoms with Crippen molar-refractivity contribution in [2.75, 3.05) is 6.61 Å². The van der Waals surface area contributed by atoms with Gasteiger partial charge in [0, 0.05) is 5.92 Å². The van der Waals surface area contributed by atoms with E-state index in [0.29, 0.717) is 0 Å². The van der Waals surface area contributed by atoms with E-state index in [0.717, 1.165) is 22.3 Å². The van der Waals surface area contributed by atoms with Crippen molar-refractivity contribution in [2.45, 2.75) is 45.7 Å². The number of amides is 1. The van der Waals surface area contributed by atoms with Crippen LogP contribution in [-0.4, -0.2) is 41.8 Å². The summed E-state index contributed by atoms with van der Waals surface area (Å²) in [5.41, 5.74) is 4.43. The Labute approximate surface area is 216 Å². The summed E-state index contributed by atoms with van der Waals surface area (Å²) >= 11 is 0. The van der Waals surface area contributed by atoms with E-state index in [1.54, 1.807) is 27.7 Å². The largest absolute Gasteiger partial charge is 1.00 e. The Morgan fingerprint density at radius 1 is 1.00 bits per heavy atom. The van der Waals surface area contributed by atoms with Crippen molar-refractivity contribution in [3.05, 3.63) is 59.7 Å². The van der Waals surface area contributed by atoms with Crippen LogP contribution in [-0.2, 0) is 9.53 Å². The Morgan fingerprint density at radius 3 is 1.97 bits per heavy atom. The van der Waals surface area contributed by atoms with E-state index >= 15 is 0 Å². The average molecular weight is 461 g/mol. The molecule has 1 amide bonds. The molecule has 0 fully saturated rings. The molecule has 0 saturated carbocycles. The molecular weight excluding hydrogens is 431 g/mol. The van der Waals surface area contributed by atoms with Gasteiger partial charge in [-0.3, -0.25) is 4.99 Å². The van der Waals surface area contributed by atoms with Gasteiger partial charge in [0.15, 0.2) is 0 Å². The van der Waals surface area contributed by atoms with E-state index in [4.69, 9.17) is 4.74 Å². The molecular formula is C25H29N2NaO5. The van der Waals surface area contributed by atoms with Gasteiger partial charge >= 0.3 is 41.6 Å². The van der Waals surface area contributed by atoms with Gasteiger partial charge in [0.1, 0.15) is 12.6 Å². The summed E-state index contributed by atoms with van der Waals surface area (Å²) in [6.45, 7) is 7.00. The summed E-state index contributed by atoms with van der Waals surface area (Å²) < 4.78 is 5.51. The number of carboxylic acids is 1. The molecule has 1 aliphatic carbocycles. The zero-order valence-electron chi connectivity index (χ0n) is 19.7. The number of hydrogen-bond donors (Lipinski definition) is 2. The van der Waals surface area contributed by atoms with Gasteiger partial charge in [0.2, 0.25) is 0 Å². The van der Waals surface area contributed by atoms with E-state index in [2.05, 4.69) is 22.4 Å². The Bertz CT molecular complexity index is 976. The fourth-order valence-electron chi connectivity index (χ4n) is 3.99. The molecule has 8 heteroatoms. The molecule has 1 aliphatic rings. The first-order valence-electron chi connectivity index (χ1n) is 10.8. The molecule has 0 radical (unpaired) electrons. The fourth-order valence-corrected chi connectivity index (χ4v) is 3.99. The zero-order chi connectivity index (χ0) is 23.4. The molecule has 0 unspecified atom stereocenters. The predicted octanol–water partition coefficient (Wildman–Crippen LogP) is 0.422. The number of benzene rings is 2. The van der Waals surface area contributed by atoms with Gasteiger partial charge in [0.05, 0.1) is 6.04 Å². The van der Waals surface area contributed by atoms with Crippen molar-refractivity contribution in [1.29, 1.82) is 0 Å². The molecule has 33 heavy (non-hydrogen) atoms. The fraction of sp³-hybridized carbons (Fsp3) is 0.400. The maximum absolute atomic E-state index is 12.6. The van der Waals surface area contributed by atoms with Crippen LogP contribution in [0.15, 0.2) is 53.5 Å². The van der Waals surface area contributed by atoms with Crippen molar-refractivity contribution in [3.63, 3.8) is 0 Å². The minimum atomic E-state index is -1.17. The summed E-state index contributed by atoms with van der Waals surface area (Å²) in [5.74, 6) is -2.57. The molecule has 3 rings (SSSR count).